The van der Waals surface area contributed by atoms with E-state index in [1.165, 1.54) is 11.8 Å². The molecule has 3 rings (SSSR count). The Kier molecular flexibility index (Phi) is 7.32. The van der Waals surface area contributed by atoms with E-state index in [2.05, 4.69) is 15.5 Å². The minimum Gasteiger partial charge on any atom is -0.497 e. The van der Waals surface area contributed by atoms with Gasteiger partial charge in [0, 0.05) is 12.6 Å². The second kappa shape index (κ2) is 10.1. The number of carbonyl (C=O) groups is 1. The van der Waals surface area contributed by atoms with Crippen LogP contribution in [-0.2, 0) is 11.3 Å². The zero-order chi connectivity index (χ0) is 19.8. The molecule has 0 saturated carbocycles. The van der Waals surface area contributed by atoms with E-state index in [1.807, 2.05) is 47.2 Å². The maximum Gasteiger partial charge on any atom is 0.230 e. The van der Waals surface area contributed by atoms with Crippen LogP contribution in [-0.4, -0.2) is 46.7 Å². The summed E-state index contributed by atoms with van der Waals surface area (Å²) >= 11 is 3.01. The average Bonchev–Trinajstić information content (AvgIpc) is 3.39. The number of hydrogen-bond acceptors (Lipinski definition) is 7. The van der Waals surface area contributed by atoms with Crippen molar-refractivity contribution in [1.82, 2.24) is 20.1 Å². The first-order valence-corrected chi connectivity index (χ1v) is 10.7. The molecule has 1 N–H and O–H groups in total. The van der Waals surface area contributed by atoms with Crippen molar-refractivity contribution in [1.29, 1.82) is 0 Å². The fraction of sp³-hybridized carbons (Fsp3) is 0.316. The van der Waals surface area contributed by atoms with E-state index in [0.29, 0.717) is 18.9 Å². The largest absolute Gasteiger partial charge is 0.497 e. The Morgan fingerprint density at radius 3 is 2.86 bits per heavy atom. The molecule has 2 aromatic heterocycles. The normalized spacial score (nSPS) is 10.6. The maximum atomic E-state index is 12.1. The second-order valence-corrected chi connectivity index (χ2v) is 7.58. The summed E-state index contributed by atoms with van der Waals surface area (Å²) in [6.45, 7) is 3.60. The van der Waals surface area contributed by atoms with Crippen molar-refractivity contribution in [2.75, 3.05) is 26.0 Å². The van der Waals surface area contributed by atoms with E-state index in [9.17, 15) is 4.79 Å². The summed E-state index contributed by atoms with van der Waals surface area (Å²) < 4.78 is 12.8. The topological polar surface area (TPSA) is 78.3 Å². The van der Waals surface area contributed by atoms with E-state index in [4.69, 9.17) is 9.47 Å². The van der Waals surface area contributed by atoms with Crippen LogP contribution in [0.3, 0.4) is 0 Å². The smallest absolute Gasteiger partial charge is 0.230 e. The molecule has 2 heterocycles. The summed E-state index contributed by atoms with van der Waals surface area (Å²) in [6, 6.07) is 11.4. The lowest BCUT2D eigenvalue weighted by molar-refractivity contribution is -0.118. The number of methoxy groups -OCH3 is 1. The molecule has 0 aliphatic heterocycles. The Hall–Kier alpha value is -2.52. The molecule has 0 aliphatic rings. The Bertz CT molecular complexity index is 896. The Morgan fingerprint density at radius 1 is 1.25 bits per heavy atom. The van der Waals surface area contributed by atoms with Crippen LogP contribution in [0.4, 0.5) is 0 Å². The number of amides is 1. The van der Waals surface area contributed by atoms with Gasteiger partial charge in [-0.1, -0.05) is 23.9 Å². The lowest BCUT2D eigenvalue weighted by Crippen LogP contribution is -2.29. The number of benzene rings is 1. The zero-order valence-electron chi connectivity index (χ0n) is 15.8. The average molecular weight is 419 g/mol. The summed E-state index contributed by atoms with van der Waals surface area (Å²) in [6.07, 6.45) is 0. The Morgan fingerprint density at radius 2 is 2.11 bits per heavy atom. The minimum atomic E-state index is -0.0671. The van der Waals surface area contributed by atoms with Gasteiger partial charge < -0.3 is 19.4 Å². The molecule has 9 heteroatoms. The van der Waals surface area contributed by atoms with Gasteiger partial charge in [-0.3, -0.25) is 4.79 Å². The van der Waals surface area contributed by atoms with E-state index in [-0.39, 0.29) is 11.7 Å². The Labute approximate surface area is 172 Å². The first kappa shape index (κ1) is 20.2. The van der Waals surface area contributed by atoms with Gasteiger partial charge in [0.1, 0.15) is 18.1 Å². The number of thioether (sulfide) groups is 1. The fourth-order valence-corrected chi connectivity index (χ4v) is 4.05. The van der Waals surface area contributed by atoms with Crippen LogP contribution in [0.5, 0.6) is 11.5 Å². The molecule has 1 aromatic carbocycles. The second-order valence-electron chi connectivity index (χ2n) is 5.69. The minimum absolute atomic E-state index is 0.0671. The van der Waals surface area contributed by atoms with Gasteiger partial charge in [0.05, 0.1) is 24.3 Å². The van der Waals surface area contributed by atoms with Gasteiger partial charge in [-0.15, -0.1) is 21.5 Å². The number of nitrogens with zero attached hydrogens (tertiary/aromatic N) is 3. The van der Waals surface area contributed by atoms with Crippen molar-refractivity contribution < 1.29 is 14.3 Å². The van der Waals surface area contributed by atoms with Crippen LogP contribution in [0.1, 0.15) is 6.92 Å². The number of ether oxygens (including phenoxy) is 2. The third-order valence-electron chi connectivity index (χ3n) is 3.84. The molecule has 0 bridgehead atoms. The highest BCUT2D eigenvalue weighted by atomic mass is 32.2. The highest BCUT2D eigenvalue weighted by Crippen LogP contribution is 2.27. The molecule has 0 unspecified atom stereocenters. The van der Waals surface area contributed by atoms with Crippen molar-refractivity contribution in [2.45, 2.75) is 18.6 Å². The van der Waals surface area contributed by atoms with Crippen molar-refractivity contribution in [3.05, 3.63) is 41.8 Å². The molecule has 0 radical (unpaired) electrons. The van der Waals surface area contributed by atoms with E-state index in [1.54, 1.807) is 24.5 Å². The summed E-state index contributed by atoms with van der Waals surface area (Å²) in [5, 5.41) is 14.1. The van der Waals surface area contributed by atoms with Gasteiger partial charge in [0.2, 0.25) is 5.91 Å². The van der Waals surface area contributed by atoms with Crippen LogP contribution in [0.15, 0.2) is 46.9 Å². The monoisotopic (exact) mass is 418 g/mol. The highest BCUT2D eigenvalue weighted by molar-refractivity contribution is 7.99. The fourth-order valence-electron chi connectivity index (χ4n) is 2.50. The van der Waals surface area contributed by atoms with Gasteiger partial charge in [-0.05, 0) is 30.5 Å². The SMILES string of the molecule is CCn1c(SCC(=O)NCCOc2cccc(OC)c2)nnc1-c1cccs1. The van der Waals surface area contributed by atoms with Gasteiger partial charge in [0.15, 0.2) is 11.0 Å². The summed E-state index contributed by atoms with van der Waals surface area (Å²) in [7, 11) is 1.61. The molecule has 7 nitrogen and oxygen atoms in total. The molecular formula is C19H22N4O3S2. The predicted octanol–water partition coefficient (Wildman–Crippen LogP) is 3.32. The van der Waals surface area contributed by atoms with E-state index >= 15 is 0 Å². The van der Waals surface area contributed by atoms with Crippen molar-refractivity contribution >= 4 is 29.0 Å². The van der Waals surface area contributed by atoms with E-state index < -0.39 is 0 Å². The van der Waals surface area contributed by atoms with Gasteiger partial charge >= 0.3 is 0 Å². The van der Waals surface area contributed by atoms with Crippen LogP contribution in [0.2, 0.25) is 0 Å². The highest BCUT2D eigenvalue weighted by Gasteiger charge is 2.15. The predicted molar refractivity (Wildman–Crippen MR) is 111 cm³/mol. The molecule has 148 valence electrons. The summed E-state index contributed by atoms with van der Waals surface area (Å²) in [5.41, 5.74) is 0. The Balaban J connectivity index is 1.43. The van der Waals surface area contributed by atoms with Gasteiger partial charge in [-0.25, -0.2) is 0 Å². The van der Waals surface area contributed by atoms with Crippen LogP contribution < -0.4 is 14.8 Å². The van der Waals surface area contributed by atoms with E-state index in [0.717, 1.165) is 28.2 Å². The first-order valence-electron chi connectivity index (χ1n) is 8.84. The number of carbonyl (C=O) groups excluding carboxylic acids is 1. The molecule has 1 amide bonds. The molecule has 0 spiro atoms. The van der Waals surface area contributed by atoms with Gasteiger partial charge in [-0.2, -0.15) is 0 Å². The van der Waals surface area contributed by atoms with Crippen molar-refractivity contribution in [2.24, 2.45) is 0 Å². The van der Waals surface area contributed by atoms with Crippen molar-refractivity contribution in [3.63, 3.8) is 0 Å². The van der Waals surface area contributed by atoms with Crippen LogP contribution in [0.25, 0.3) is 10.7 Å². The number of hydrogen-bond donors (Lipinski definition) is 1. The number of nitrogens with one attached hydrogen (secondary N) is 1. The number of thiophene rings is 1. The standard InChI is InChI=1S/C19H22N4O3S2/c1-3-23-18(16-8-5-11-27-16)21-22-19(23)28-13-17(24)20-9-10-26-15-7-4-6-14(12-15)25-2/h4-8,11-12H,3,9-10,13H2,1-2H3,(H,20,24). The van der Waals surface area contributed by atoms with Crippen LogP contribution in [0, 0.1) is 0 Å². The molecule has 0 aliphatic carbocycles. The molecule has 0 saturated heterocycles. The van der Waals surface area contributed by atoms with Gasteiger partial charge in [0.25, 0.3) is 0 Å². The third-order valence-corrected chi connectivity index (χ3v) is 5.67. The van der Waals surface area contributed by atoms with Crippen LogP contribution >= 0.6 is 23.1 Å². The summed E-state index contributed by atoms with van der Waals surface area (Å²) in [5.74, 6) is 2.50. The molecule has 3 aromatic rings. The maximum absolute atomic E-state index is 12.1. The molecule has 28 heavy (non-hydrogen) atoms. The summed E-state index contributed by atoms with van der Waals surface area (Å²) in [4.78, 5) is 13.2. The lowest BCUT2D eigenvalue weighted by Gasteiger charge is -2.09. The quantitative estimate of drug-likeness (QED) is 0.402. The molecule has 0 fully saturated rings. The third kappa shape index (κ3) is 5.26. The zero-order valence-corrected chi connectivity index (χ0v) is 17.4. The van der Waals surface area contributed by atoms with Crippen molar-refractivity contribution in [3.8, 4) is 22.2 Å². The number of rotatable bonds is 10. The molecular weight excluding hydrogens is 396 g/mol. The molecule has 0 atom stereocenters. The number of aromatic nitrogens is 3. The lowest BCUT2D eigenvalue weighted by atomic mass is 10.3. The first-order chi connectivity index (χ1) is 13.7.